The van der Waals surface area contributed by atoms with Crippen molar-refractivity contribution in [3.05, 3.63) is 29.8 Å². The zero-order valence-corrected chi connectivity index (χ0v) is 13.8. The Morgan fingerprint density at radius 3 is 2.50 bits per heavy atom. The van der Waals surface area contributed by atoms with Crippen molar-refractivity contribution < 1.29 is 19.4 Å². The molecular formula is C17H23N3O4. The molecule has 2 aliphatic heterocycles. The number of benzene rings is 1. The second-order valence-corrected chi connectivity index (χ2v) is 6.71. The predicted molar refractivity (Wildman–Crippen MR) is 87.4 cm³/mol. The topological polar surface area (TPSA) is 96.1 Å². The van der Waals surface area contributed by atoms with Crippen LogP contribution in [0.1, 0.15) is 18.4 Å². The molecule has 1 spiro atoms. The second kappa shape index (κ2) is 6.32. The molecule has 1 aromatic rings. The number of nitrogens with two attached hydrogens (primary N) is 1. The van der Waals surface area contributed by atoms with Crippen LogP contribution in [0.2, 0.25) is 0 Å². The molecule has 0 radical (unpaired) electrons. The number of carbonyl (C=O) groups is 2. The molecule has 7 nitrogen and oxygen atoms in total. The first-order valence-corrected chi connectivity index (χ1v) is 8.15. The van der Waals surface area contributed by atoms with E-state index < -0.39 is 11.6 Å². The highest BCUT2D eigenvalue weighted by Gasteiger charge is 2.46. The molecule has 2 aliphatic rings. The minimum Gasteiger partial charge on any atom is -0.508 e. The molecule has 1 unspecified atom stereocenters. The Morgan fingerprint density at radius 1 is 1.33 bits per heavy atom. The van der Waals surface area contributed by atoms with Crippen molar-refractivity contribution in [3.8, 4) is 5.75 Å². The lowest BCUT2D eigenvalue weighted by molar-refractivity contribution is -0.135. The van der Waals surface area contributed by atoms with Crippen molar-refractivity contribution in [3.63, 3.8) is 0 Å². The van der Waals surface area contributed by atoms with E-state index in [9.17, 15) is 14.7 Å². The van der Waals surface area contributed by atoms with Crippen LogP contribution in [0.4, 0.5) is 4.79 Å². The largest absolute Gasteiger partial charge is 0.508 e. The molecule has 3 N–H and O–H groups in total. The molecule has 2 fully saturated rings. The summed E-state index contributed by atoms with van der Waals surface area (Å²) in [6, 6.07) is 6.09. The van der Waals surface area contributed by atoms with E-state index in [-0.39, 0.29) is 17.7 Å². The van der Waals surface area contributed by atoms with Gasteiger partial charge in [-0.05, 0) is 24.1 Å². The van der Waals surface area contributed by atoms with Crippen LogP contribution in [0.15, 0.2) is 24.3 Å². The van der Waals surface area contributed by atoms with Crippen LogP contribution in [-0.4, -0.2) is 65.2 Å². The first-order valence-electron chi connectivity index (χ1n) is 8.15. The molecule has 0 aromatic heterocycles. The molecule has 0 aliphatic carbocycles. The molecule has 2 heterocycles. The molecule has 0 bridgehead atoms. The van der Waals surface area contributed by atoms with Gasteiger partial charge in [0.1, 0.15) is 11.4 Å². The highest BCUT2D eigenvalue weighted by molar-refractivity contribution is 5.82. The van der Waals surface area contributed by atoms with Crippen molar-refractivity contribution in [2.45, 2.75) is 30.9 Å². The first-order chi connectivity index (χ1) is 11.4. The van der Waals surface area contributed by atoms with Crippen molar-refractivity contribution in [2.24, 2.45) is 5.73 Å². The number of likely N-dealkylation sites (N-methyl/N-ethyl adjacent to an activating group) is 1. The fraction of sp³-hybridized carbons (Fsp3) is 0.529. The highest BCUT2D eigenvalue weighted by Crippen LogP contribution is 2.32. The van der Waals surface area contributed by atoms with E-state index in [0.717, 1.165) is 5.56 Å². The summed E-state index contributed by atoms with van der Waals surface area (Å²) in [6.07, 6.45) is 1.42. The van der Waals surface area contributed by atoms with E-state index in [1.165, 1.54) is 0 Å². The summed E-state index contributed by atoms with van der Waals surface area (Å²) in [5, 5.41) is 9.30. The third kappa shape index (κ3) is 3.31. The van der Waals surface area contributed by atoms with Gasteiger partial charge in [-0.15, -0.1) is 0 Å². The van der Waals surface area contributed by atoms with Crippen LogP contribution in [0.5, 0.6) is 5.75 Å². The molecular weight excluding hydrogens is 310 g/mol. The van der Waals surface area contributed by atoms with Crippen LogP contribution in [0.25, 0.3) is 0 Å². The number of likely N-dealkylation sites (tertiary alicyclic amines) is 1. The van der Waals surface area contributed by atoms with Crippen molar-refractivity contribution in [2.75, 3.05) is 26.7 Å². The van der Waals surface area contributed by atoms with Crippen LogP contribution >= 0.6 is 0 Å². The molecule has 1 atom stereocenters. The Labute approximate surface area is 141 Å². The summed E-state index contributed by atoms with van der Waals surface area (Å²) in [4.78, 5) is 27.4. The summed E-state index contributed by atoms with van der Waals surface area (Å²) >= 11 is 0. The van der Waals surface area contributed by atoms with Crippen LogP contribution in [0, 0.1) is 0 Å². The Hall–Kier alpha value is -2.28. The number of nitrogens with zero attached hydrogens (tertiary/aromatic N) is 2. The van der Waals surface area contributed by atoms with Gasteiger partial charge >= 0.3 is 6.09 Å². The van der Waals surface area contributed by atoms with Gasteiger partial charge in [0.25, 0.3) is 0 Å². The average molecular weight is 333 g/mol. The maximum absolute atomic E-state index is 12.5. The zero-order chi connectivity index (χ0) is 17.3. The normalized spacial score (nSPS) is 21.0. The second-order valence-electron chi connectivity index (χ2n) is 6.71. The lowest BCUT2D eigenvalue weighted by Crippen LogP contribution is -2.53. The summed E-state index contributed by atoms with van der Waals surface area (Å²) < 4.78 is 5.49. The van der Waals surface area contributed by atoms with E-state index in [1.807, 2.05) is 0 Å². The number of phenolic OH excluding ortho intramolecular Hbond substituents is 1. The molecule has 1 aromatic carbocycles. The Balaban J connectivity index is 1.55. The van der Waals surface area contributed by atoms with Gasteiger partial charge in [0.05, 0.1) is 12.6 Å². The smallest absolute Gasteiger partial charge is 0.410 e. The van der Waals surface area contributed by atoms with Crippen molar-refractivity contribution >= 4 is 12.0 Å². The number of hydrogen-bond acceptors (Lipinski definition) is 5. The van der Waals surface area contributed by atoms with Crippen LogP contribution in [0.3, 0.4) is 0 Å². The fourth-order valence-corrected chi connectivity index (χ4v) is 3.39. The molecule has 2 saturated heterocycles. The quantitative estimate of drug-likeness (QED) is 0.849. The molecule has 24 heavy (non-hydrogen) atoms. The van der Waals surface area contributed by atoms with Gasteiger partial charge in [-0.3, -0.25) is 4.79 Å². The maximum Gasteiger partial charge on any atom is 0.410 e. The Morgan fingerprint density at radius 2 is 1.96 bits per heavy atom. The summed E-state index contributed by atoms with van der Waals surface area (Å²) in [5.74, 6) is 0.103. The molecule has 0 saturated carbocycles. The number of ether oxygens (including phenoxy) is 1. The van der Waals surface area contributed by atoms with Gasteiger partial charge in [-0.1, -0.05) is 12.1 Å². The van der Waals surface area contributed by atoms with Gasteiger partial charge in [-0.25, -0.2) is 4.79 Å². The fourth-order valence-electron chi connectivity index (χ4n) is 3.39. The van der Waals surface area contributed by atoms with Gasteiger partial charge in [0.15, 0.2) is 0 Å². The molecule has 3 rings (SSSR count). The molecule has 2 amide bonds. The number of rotatable bonds is 3. The van der Waals surface area contributed by atoms with Crippen molar-refractivity contribution in [1.29, 1.82) is 0 Å². The van der Waals surface area contributed by atoms with E-state index >= 15 is 0 Å². The summed E-state index contributed by atoms with van der Waals surface area (Å²) in [6.45, 7) is 1.67. The lowest BCUT2D eigenvalue weighted by atomic mass is 9.91. The zero-order valence-electron chi connectivity index (χ0n) is 13.8. The number of carbonyl (C=O) groups excluding carboxylic acids is 2. The number of amides is 2. The SMILES string of the molecule is CN1CC2(CCN(C(=O)C(N)Cc3ccc(O)cc3)CC2)OC1=O. The third-order valence-electron chi connectivity index (χ3n) is 4.84. The van der Waals surface area contributed by atoms with Gasteiger partial charge in [0, 0.05) is 33.0 Å². The summed E-state index contributed by atoms with van der Waals surface area (Å²) in [5.41, 5.74) is 6.52. The van der Waals surface area contributed by atoms with Gasteiger partial charge < -0.3 is 25.4 Å². The first kappa shape index (κ1) is 16.6. The summed E-state index contributed by atoms with van der Waals surface area (Å²) in [7, 11) is 1.72. The Kier molecular flexibility index (Phi) is 4.36. The van der Waals surface area contributed by atoms with E-state index in [0.29, 0.717) is 38.9 Å². The molecule has 130 valence electrons. The van der Waals surface area contributed by atoms with Crippen LogP contribution < -0.4 is 5.73 Å². The number of aromatic hydroxyl groups is 1. The Bertz CT molecular complexity index is 623. The monoisotopic (exact) mass is 333 g/mol. The number of phenols is 1. The number of piperidine rings is 1. The number of hydrogen-bond donors (Lipinski definition) is 2. The maximum atomic E-state index is 12.5. The minimum atomic E-state index is -0.614. The average Bonchev–Trinajstić information content (AvgIpc) is 2.83. The third-order valence-corrected chi connectivity index (χ3v) is 4.84. The van der Waals surface area contributed by atoms with Gasteiger partial charge in [0.2, 0.25) is 5.91 Å². The minimum absolute atomic E-state index is 0.0874. The lowest BCUT2D eigenvalue weighted by Gasteiger charge is -2.38. The van der Waals surface area contributed by atoms with E-state index in [2.05, 4.69) is 0 Å². The van der Waals surface area contributed by atoms with E-state index in [1.54, 1.807) is 41.1 Å². The standard InChI is InChI=1S/C17H23N3O4/c1-19-11-17(24-16(19)23)6-8-20(9-7-17)15(22)14(18)10-12-2-4-13(21)5-3-12/h2-5,14,21H,6-11,18H2,1H3. The van der Waals surface area contributed by atoms with E-state index in [4.69, 9.17) is 10.5 Å². The van der Waals surface area contributed by atoms with Gasteiger partial charge in [-0.2, -0.15) is 0 Å². The highest BCUT2D eigenvalue weighted by atomic mass is 16.6. The van der Waals surface area contributed by atoms with Crippen molar-refractivity contribution in [1.82, 2.24) is 9.80 Å². The van der Waals surface area contributed by atoms with Crippen LogP contribution in [-0.2, 0) is 16.0 Å². The predicted octanol–water partition coefficient (Wildman–Crippen LogP) is 0.705. The molecule has 7 heteroatoms.